The predicted octanol–water partition coefficient (Wildman–Crippen LogP) is 3.93. The van der Waals surface area contributed by atoms with E-state index in [0.717, 1.165) is 13.0 Å². The molecule has 0 unspecified atom stereocenters. The highest BCUT2D eigenvalue weighted by molar-refractivity contribution is 7.89. The summed E-state index contributed by atoms with van der Waals surface area (Å²) in [5.41, 5.74) is -1.79. The lowest BCUT2D eigenvalue weighted by molar-refractivity contribution is -0.138. The lowest BCUT2D eigenvalue weighted by Crippen LogP contribution is -2.21. The molecule has 0 radical (unpaired) electrons. The molecular weight excluding hydrogens is 466 g/mol. The van der Waals surface area contributed by atoms with Crippen LogP contribution in [-0.2, 0) is 17.5 Å². The molecule has 1 atom stereocenters. The van der Waals surface area contributed by atoms with Gasteiger partial charge in [0.05, 0.1) is 22.6 Å². The first-order valence-corrected chi connectivity index (χ1v) is 10.4. The van der Waals surface area contributed by atoms with Gasteiger partial charge in [-0.2, -0.15) is 17.6 Å². The number of halogens is 4. The van der Waals surface area contributed by atoms with Crippen LogP contribution in [-0.4, -0.2) is 32.5 Å². The van der Waals surface area contributed by atoms with Gasteiger partial charge in [-0.3, -0.25) is 4.79 Å². The third-order valence-corrected chi connectivity index (χ3v) is 5.39. The number of rotatable bonds is 6. The summed E-state index contributed by atoms with van der Waals surface area (Å²) >= 11 is -1.65. The molecule has 33 heavy (non-hydrogen) atoms. The molecule has 2 N–H and O–H groups in total. The van der Waals surface area contributed by atoms with Crippen molar-refractivity contribution < 1.29 is 31.6 Å². The molecule has 3 rings (SSSR count). The second-order valence-electron chi connectivity index (χ2n) is 6.60. The van der Waals surface area contributed by atoms with Gasteiger partial charge in [0, 0.05) is 31.2 Å². The predicted molar refractivity (Wildman–Crippen MR) is 111 cm³/mol. The molecule has 0 saturated heterocycles. The second kappa shape index (κ2) is 9.68. The van der Waals surface area contributed by atoms with Crippen LogP contribution >= 0.6 is 0 Å². The van der Waals surface area contributed by atoms with Gasteiger partial charge in [-0.15, -0.1) is 4.72 Å². The number of aryl methyl sites for hydroxylation is 1. The second-order valence-corrected chi connectivity index (χ2v) is 7.97. The highest BCUT2D eigenvalue weighted by Crippen LogP contribution is 2.36. The molecule has 8 nitrogen and oxygen atoms in total. The van der Waals surface area contributed by atoms with Crippen molar-refractivity contribution in [3.8, 4) is 11.6 Å². The number of hydrogen-bond acceptors (Lipinski definition) is 7. The number of aromatic nitrogens is 3. The Morgan fingerprint density at radius 3 is 2.55 bits per heavy atom. The Balaban J connectivity index is 2.04. The largest absolute Gasteiger partial charge is 0.592 e. The smallest absolute Gasteiger partial charge is 0.418 e. The Morgan fingerprint density at radius 2 is 1.91 bits per heavy atom. The van der Waals surface area contributed by atoms with Crippen LogP contribution in [0, 0.1) is 19.8 Å². The van der Waals surface area contributed by atoms with Gasteiger partial charge >= 0.3 is 6.18 Å². The van der Waals surface area contributed by atoms with E-state index in [1.807, 2.05) is 0 Å². The molecule has 1 amide bonds. The minimum Gasteiger partial charge on any atom is -0.592 e. The SMILES string of the molecule is CN[S@+]([O-])c1cc(NC(=O)c2c(Oc3ccc(F)nc3C)ncc(C(F)(F)F)c2C)ccn1. The Morgan fingerprint density at radius 1 is 1.18 bits per heavy atom. The number of amides is 1. The number of anilines is 1. The van der Waals surface area contributed by atoms with Crippen LogP contribution in [0.25, 0.3) is 0 Å². The third kappa shape index (κ3) is 5.56. The molecule has 3 aromatic heterocycles. The summed E-state index contributed by atoms with van der Waals surface area (Å²) in [7, 11) is 1.44. The van der Waals surface area contributed by atoms with Crippen molar-refractivity contribution in [2.75, 3.05) is 12.4 Å². The van der Waals surface area contributed by atoms with E-state index in [0.29, 0.717) is 6.20 Å². The summed E-state index contributed by atoms with van der Waals surface area (Å²) in [6.07, 6.45) is -2.94. The fourth-order valence-corrected chi connectivity index (χ4v) is 3.43. The monoisotopic (exact) mass is 483 g/mol. The molecule has 0 aliphatic heterocycles. The lowest BCUT2D eigenvalue weighted by atomic mass is 10.0. The Labute approximate surface area is 188 Å². The molecule has 3 aromatic rings. The van der Waals surface area contributed by atoms with Gasteiger partial charge in [-0.25, -0.2) is 15.0 Å². The summed E-state index contributed by atoms with van der Waals surface area (Å²) in [4.78, 5) is 24.2. The average Bonchev–Trinajstić information content (AvgIpc) is 2.74. The van der Waals surface area contributed by atoms with Crippen molar-refractivity contribution in [2.45, 2.75) is 25.0 Å². The first-order valence-electron chi connectivity index (χ1n) is 9.25. The standard InChI is InChI=1S/C20H17F4N5O3S/c1-10-13(20(22,23)24)9-27-19(32-14-4-5-15(21)28-11(14)2)17(10)18(30)29-12-6-7-26-16(8-12)33(31)25-3/h4-9,25H,1-3H3,(H,26,29,30)/t33-/m1/s1. The first kappa shape index (κ1) is 24.4. The number of nitrogens with one attached hydrogen (secondary N) is 2. The molecule has 0 spiro atoms. The zero-order valence-corrected chi connectivity index (χ0v) is 18.3. The van der Waals surface area contributed by atoms with Crippen LogP contribution in [0.15, 0.2) is 41.7 Å². The molecular formula is C20H17F4N5O3S. The van der Waals surface area contributed by atoms with E-state index in [4.69, 9.17) is 4.74 Å². The van der Waals surface area contributed by atoms with E-state index in [-0.39, 0.29) is 22.2 Å². The van der Waals surface area contributed by atoms with E-state index in [1.54, 1.807) is 0 Å². The molecule has 0 saturated carbocycles. The maximum atomic E-state index is 13.5. The van der Waals surface area contributed by atoms with E-state index in [2.05, 4.69) is 25.0 Å². The van der Waals surface area contributed by atoms with Gasteiger partial charge in [-0.1, -0.05) is 0 Å². The molecule has 0 fully saturated rings. The normalized spacial score (nSPS) is 12.4. The van der Waals surface area contributed by atoms with Crippen LogP contribution in [0.2, 0.25) is 0 Å². The average molecular weight is 483 g/mol. The van der Waals surface area contributed by atoms with Crippen LogP contribution in [0.4, 0.5) is 23.2 Å². The maximum Gasteiger partial charge on any atom is 0.418 e. The summed E-state index contributed by atoms with van der Waals surface area (Å²) < 4.78 is 73.6. The summed E-state index contributed by atoms with van der Waals surface area (Å²) in [5, 5.41) is 2.54. The highest BCUT2D eigenvalue weighted by atomic mass is 32.2. The Hall–Kier alpha value is -3.29. The van der Waals surface area contributed by atoms with E-state index < -0.39 is 52.0 Å². The fourth-order valence-electron chi connectivity index (χ4n) is 2.83. The summed E-state index contributed by atoms with van der Waals surface area (Å²) in [6, 6.07) is 4.89. The van der Waals surface area contributed by atoms with E-state index in [1.165, 1.54) is 38.4 Å². The van der Waals surface area contributed by atoms with E-state index in [9.17, 15) is 26.9 Å². The quantitative estimate of drug-likeness (QED) is 0.310. The van der Waals surface area contributed by atoms with Crippen LogP contribution in [0.3, 0.4) is 0 Å². The molecule has 0 aliphatic rings. The minimum absolute atomic E-state index is 0.00715. The zero-order valence-electron chi connectivity index (χ0n) is 17.5. The molecule has 174 valence electrons. The summed E-state index contributed by atoms with van der Waals surface area (Å²) in [5.74, 6) is -2.15. The van der Waals surface area contributed by atoms with Crippen molar-refractivity contribution in [2.24, 2.45) is 0 Å². The number of alkyl halides is 3. The van der Waals surface area contributed by atoms with Crippen molar-refractivity contribution in [1.29, 1.82) is 0 Å². The van der Waals surface area contributed by atoms with Gasteiger partial charge in [0.25, 0.3) is 10.9 Å². The molecule has 0 aromatic carbocycles. The number of hydrogen-bond donors (Lipinski definition) is 2. The van der Waals surface area contributed by atoms with Gasteiger partial charge in [0.2, 0.25) is 11.8 Å². The van der Waals surface area contributed by atoms with Crippen molar-refractivity contribution in [1.82, 2.24) is 19.7 Å². The maximum absolute atomic E-state index is 13.5. The number of carbonyl (C=O) groups is 1. The Kier molecular flexibility index (Phi) is 7.15. The van der Waals surface area contributed by atoms with Gasteiger partial charge < -0.3 is 14.6 Å². The van der Waals surface area contributed by atoms with E-state index >= 15 is 0 Å². The molecule has 0 bridgehead atoms. The number of ether oxygens (including phenoxy) is 1. The van der Waals surface area contributed by atoms with Crippen molar-refractivity contribution in [3.63, 3.8) is 0 Å². The highest BCUT2D eigenvalue weighted by Gasteiger charge is 2.36. The van der Waals surface area contributed by atoms with Crippen LogP contribution in [0.1, 0.15) is 27.2 Å². The Bertz CT molecular complexity index is 1190. The molecule has 3 heterocycles. The van der Waals surface area contributed by atoms with Gasteiger partial charge in [0.1, 0.15) is 5.56 Å². The summed E-state index contributed by atoms with van der Waals surface area (Å²) in [6.45, 7) is 2.53. The van der Waals surface area contributed by atoms with Gasteiger partial charge in [0.15, 0.2) is 5.75 Å². The van der Waals surface area contributed by atoms with Crippen LogP contribution < -0.4 is 14.8 Å². The lowest BCUT2D eigenvalue weighted by Gasteiger charge is -2.17. The number of carbonyl (C=O) groups excluding carboxylic acids is 1. The number of pyridine rings is 3. The first-order chi connectivity index (χ1) is 15.5. The fraction of sp³-hybridized carbons (Fsp3) is 0.200. The van der Waals surface area contributed by atoms with Crippen molar-refractivity contribution in [3.05, 3.63) is 65.0 Å². The van der Waals surface area contributed by atoms with Gasteiger partial charge in [-0.05, 0) is 37.6 Å². The molecule has 0 aliphatic carbocycles. The third-order valence-electron chi connectivity index (χ3n) is 4.41. The molecule has 13 heteroatoms. The topological polar surface area (TPSA) is 112 Å². The zero-order chi connectivity index (χ0) is 24.3. The van der Waals surface area contributed by atoms with Crippen molar-refractivity contribution >= 4 is 23.0 Å². The van der Waals surface area contributed by atoms with Crippen LogP contribution in [0.5, 0.6) is 11.6 Å². The number of nitrogens with zero attached hydrogens (tertiary/aromatic N) is 3. The minimum atomic E-state index is -4.77.